The van der Waals surface area contributed by atoms with Gasteiger partial charge in [0.2, 0.25) is 0 Å². The summed E-state index contributed by atoms with van der Waals surface area (Å²) < 4.78 is 0. The maximum Gasteiger partial charge on any atom is 0.256 e. The van der Waals surface area contributed by atoms with Gasteiger partial charge in [-0.2, -0.15) is 0 Å². The number of anilines is 2. The number of hydrogen-bond acceptors (Lipinski definition) is 3. The first-order valence-corrected chi connectivity index (χ1v) is 12.1. The van der Waals surface area contributed by atoms with Crippen molar-refractivity contribution in [2.45, 2.75) is 6.92 Å². The lowest BCUT2D eigenvalue weighted by Gasteiger charge is -2.37. The lowest BCUT2D eigenvalue weighted by atomic mass is 10.0. The van der Waals surface area contributed by atoms with Crippen LogP contribution in [0, 0.1) is 6.92 Å². The third kappa shape index (κ3) is 4.73. The van der Waals surface area contributed by atoms with Gasteiger partial charge >= 0.3 is 0 Å². The van der Waals surface area contributed by atoms with Crippen molar-refractivity contribution < 1.29 is 9.59 Å². The predicted octanol–water partition coefficient (Wildman–Crippen LogP) is 6.02. The Balaban J connectivity index is 1.34. The number of carbonyl (C=O) groups excluding carboxylic acids is 2. The van der Waals surface area contributed by atoms with Gasteiger partial charge in [0.05, 0.1) is 16.4 Å². The van der Waals surface area contributed by atoms with Crippen LogP contribution in [-0.2, 0) is 0 Å². The summed E-state index contributed by atoms with van der Waals surface area (Å²) in [5.41, 5.74) is 3.88. The van der Waals surface area contributed by atoms with Crippen molar-refractivity contribution in [2.24, 2.45) is 0 Å². The minimum atomic E-state index is -0.182. The summed E-state index contributed by atoms with van der Waals surface area (Å²) in [6.07, 6.45) is 0. The Morgan fingerprint density at radius 3 is 2.26 bits per heavy atom. The zero-order valence-corrected chi connectivity index (χ0v) is 20.3. The average Bonchev–Trinajstić information content (AvgIpc) is 2.89. The monoisotopic (exact) mass is 483 g/mol. The van der Waals surface area contributed by atoms with E-state index in [-0.39, 0.29) is 11.8 Å². The van der Waals surface area contributed by atoms with Crippen LogP contribution in [0.5, 0.6) is 0 Å². The number of benzene rings is 4. The van der Waals surface area contributed by atoms with E-state index in [9.17, 15) is 9.59 Å². The van der Waals surface area contributed by atoms with E-state index in [0.29, 0.717) is 48.0 Å². The molecule has 1 N–H and O–H groups in total. The molecule has 2 amide bonds. The van der Waals surface area contributed by atoms with E-state index in [1.807, 2.05) is 96.8 Å². The van der Waals surface area contributed by atoms with Crippen molar-refractivity contribution in [1.29, 1.82) is 0 Å². The number of halogens is 1. The van der Waals surface area contributed by atoms with Gasteiger partial charge in [0.25, 0.3) is 11.8 Å². The van der Waals surface area contributed by atoms with E-state index in [1.165, 1.54) is 0 Å². The van der Waals surface area contributed by atoms with Gasteiger partial charge in [0.15, 0.2) is 0 Å². The molecule has 0 atom stereocenters. The molecule has 6 heteroatoms. The maximum absolute atomic E-state index is 13.3. The van der Waals surface area contributed by atoms with Crippen LogP contribution in [0.1, 0.15) is 26.3 Å². The highest BCUT2D eigenvalue weighted by molar-refractivity contribution is 6.34. The molecule has 1 fully saturated rings. The molecule has 1 aliphatic rings. The summed E-state index contributed by atoms with van der Waals surface area (Å²) in [6, 6.07) is 26.7. The third-order valence-electron chi connectivity index (χ3n) is 6.45. The molecule has 176 valence electrons. The molecule has 35 heavy (non-hydrogen) atoms. The minimum absolute atomic E-state index is 0.0355. The molecule has 0 radical (unpaired) electrons. The van der Waals surface area contributed by atoms with Gasteiger partial charge in [0, 0.05) is 37.3 Å². The van der Waals surface area contributed by atoms with Gasteiger partial charge in [-0.3, -0.25) is 9.59 Å². The molecule has 4 aromatic carbocycles. The van der Waals surface area contributed by atoms with Crippen LogP contribution in [0.25, 0.3) is 10.8 Å². The van der Waals surface area contributed by atoms with Crippen LogP contribution in [0.2, 0.25) is 5.02 Å². The van der Waals surface area contributed by atoms with Crippen molar-refractivity contribution in [2.75, 3.05) is 36.4 Å². The highest BCUT2D eigenvalue weighted by Crippen LogP contribution is 2.35. The van der Waals surface area contributed by atoms with Gasteiger partial charge in [-0.1, -0.05) is 71.8 Å². The fourth-order valence-electron chi connectivity index (χ4n) is 4.56. The van der Waals surface area contributed by atoms with Gasteiger partial charge in [0.1, 0.15) is 0 Å². The maximum atomic E-state index is 13.3. The first kappa shape index (κ1) is 22.9. The van der Waals surface area contributed by atoms with E-state index in [1.54, 1.807) is 0 Å². The molecule has 0 saturated carbocycles. The number of aryl methyl sites for hydroxylation is 1. The predicted molar refractivity (Wildman–Crippen MR) is 143 cm³/mol. The third-order valence-corrected chi connectivity index (χ3v) is 6.76. The van der Waals surface area contributed by atoms with Crippen LogP contribution in [0.15, 0.2) is 84.9 Å². The Labute approximate surface area is 209 Å². The van der Waals surface area contributed by atoms with E-state index >= 15 is 0 Å². The number of para-hydroxylation sites is 1. The number of carbonyl (C=O) groups is 2. The fourth-order valence-corrected chi connectivity index (χ4v) is 4.86. The molecular formula is C29H26ClN3O2. The summed E-state index contributed by atoms with van der Waals surface area (Å²) in [6.45, 7) is 4.41. The summed E-state index contributed by atoms with van der Waals surface area (Å²) in [5, 5.41) is 5.56. The summed E-state index contributed by atoms with van der Waals surface area (Å²) >= 11 is 6.62. The quantitative estimate of drug-likeness (QED) is 0.386. The molecule has 0 spiro atoms. The Bertz CT molecular complexity index is 1390. The van der Waals surface area contributed by atoms with E-state index in [0.717, 1.165) is 22.0 Å². The molecule has 1 aliphatic heterocycles. The molecule has 0 bridgehead atoms. The lowest BCUT2D eigenvalue weighted by molar-refractivity contribution is 0.0746. The number of rotatable bonds is 4. The van der Waals surface area contributed by atoms with Crippen molar-refractivity contribution in [3.8, 4) is 0 Å². The molecule has 0 aromatic heterocycles. The molecule has 5 rings (SSSR count). The van der Waals surface area contributed by atoms with Crippen LogP contribution >= 0.6 is 11.6 Å². The number of nitrogens with one attached hydrogen (secondary N) is 1. The second kappa shape index (κ2) is 9.80. The van der Waals surface area contributed by atoms with Gasteiger partial charge in [-0.05, 0) is 48.0 Å². The highest BCUT2D eigenvalue weighted by Gasteiger charge is 2.25. The standard InChI is InChI=1S/C29H26ClN3O2/c1-20-12-14-22(15-13-20)29(35)33-18-16-32(17-19-33)27-25(30)10-5-11-26(27)31-28(34)24-9-4-7-21-6-2-3-8-23(21)24/h2-15H,16-19H2,1H3,(H,31,34). The summed E-state index contributed by atoms with van der Waals surface area (Å²) in [4.78, 5) is 30.2. The molecule has 0 unspecified atom stereocenters. The van der Waals surface area contributed by atoms with Crippen LogP contribution < -0.4 is 10.2 Å². The molecule has 5 nitrogen and oxygen atoms in total. The average molecular weight is 484 g/mol. The Morgan fingerprint density at radius 1 is 0.800 bits per heavy atom. The summed E-state index contributed by atoms with van der Waals surface area (Å²) in [5.74, 6) is -0.146. The van der Waals surface area contributed by atoms with E-state index in [4.69, 9.17) is 11.6 Å². The number of piperazine rings is 1. The Hall–Kier alpha value is -3.83. The lowest BCUT2D eigenvalue weighted by Crippen LogP contribution is -2.49. The zero-order valence-electron chi connectivity index (χ0n) is 19.5. The first-order valence-electron chi connectivity index (χ1n) is 11.7. The van der Waals surface area contributed by atoms with Gasteiger partial charge < -0.3 is 15.1 Å². The summed E-state index contributed by atoms with van der Waals surface area (Å²) in [7, 11) is 0. The SMILES string of the molecule is Cc1ccc(C(=O)N2CCN(c3c(Cl)cccc3NC(=O)c3cccc4ccccc34)CC2)cc1. The van der Waals surface area contributed by atoms with Crippen molar-refractivity contribution in [3.05, 3.63) is 107 Å². The van der Waals surface area contributed by atoms with Crippen LogP contribution in [0.3, 0.4) is 0 Å². The Morgan fingerprint density at radius 2 is 1.49 bits per heavy atom. The number of amides is 2. The first-order chi connectivity index (χ1) is 17.0. The topological polar surface area (TPSA) is 52.7 Å². The van der Waals surface area contributed by atoms with E-state index < -0.39 is 0 Å². The highest BCUT2D eigenvalue weighted by atomic mass is 35.5. The molecule has 1 heterocycles. The largest absolute Gasteiger partial charge is 0.365 e. The fraction of sp³-hybridized carbons (Fsp3) is 0.172. The smallest absolute Gasteiger partial charge is 0.256 e. The van der Waals surface area contributed by atoms with Crippen LogP contribution in [0.4, 0.5) is 11.4 Å². The van der Waals surface area contributed by atoms with Crippen molar-refractivity contribution >= 4 is 45.6 Å². The minimum Gasteiger partial charge on any atom is -0.365 e. The van der Waals surface area contributed by atoms with Crippen LogP contribution in [-0.4, -0.2) is 42.9 Å². The molecule has 0 aliphatic carbocycles. The second-order valence-corrected chi connectivity index (χ2v) is 9.17. The zero-order chi connectivity index (χ0) is 24.4. The van der Waals surface area contributed by atoms with Gasteiger partial charge in [-0.15, -0.1) is 0 Å². The molecule has 4 aromatic rings. The van der Waals surface area contributed by atoms with Gasteiger partial charge in [-0.25, -0.2) is 0 Å². The number of hydrogen-bond donors (Lipinski definition) is 1. The molecular weight excluding hydrogens is 458 g/mol. The second-order valence-electron chi connectivity index (χ2n) is 8.76. The Kier molecular flexibility index (Phi) is 6.43. The molecule has 1 saturated heterocycles. The normalized spacial score (nSPS) is 13.7. The van der Waals surface area contributed by atoms with Crippen molar-refractivity contribution in [1.82, 2.24) is 4.90 Å². The van der Waals surface area contributed by atoms with E-state index in [2.05, 4.69) is 10.2 Å². The number of fused-ring (bicyclic) bond motifs is 1. The van der Waals surface area contributed by atoms with Crippen molar-refractivity contribution in [3.63, 3.8) is 0 Å². The number of nitrogens with zero attached hydrogens (tertiary/aromatic N) is 2.